The zero-order valence-electron chi connectivity index (χ0n) is 19.0. The van der Waals surface area contributed by atoms with E-state index in [1.807, 2.05) is 6.07 Å². The fraction of sp³-hybridized carbons (Fsp3) is 0.227. The van der Waals surface area contributed by atoms with Gasteiger partial charge in [0.05, 0.1) is 17.3 Å². The van der Waals surface area contributed by atoms with Crippen molar-refractivity contribution in [2.24, 2.45) is 0 Å². The van der Waals surface area contributed by atoms with Gasteiger partial charge in [-0.25, -0.2) is 12.8 Å². The van der Waals surface area contributed by atoms with E-state index in [0.717, 1.165) is 27.1 Å². The Balaban J connectivity index is 1.53. The molecule has 14 heteroatoms. The van der Waals surface area contributed by atoms with Crippen LogP contribution >= 0.6 is 22.9 Å². The lowest BCUT2D eigenvalue weighted by Crippen LogP contribution is -2.55. The van der Waals surface area contributed by atoms with Gasteiger partial charge in [-0.1, -0.05) is 23.7 Å². The van der Waals surface area contributed by atoms with Gasteiger partial charge in [0.1, 0.15) is 11.9 Å². The van der Waals surface area contributed by atoms with E-state index < -0.39 is 44.0 Å². The van der Waals surface area contributed by atoms with E-state index in [1.165, 1.54) is 30.5 Å². The highest BCUT2D eigenvalue weighted by Crippen LogP contribution is 2.36. The number of nitrogens with zero attached hydrogens (tertiary/aromatic N) is 1. The Morgan fingerprint density at radius 3 is 2.44 bits per heavy atom. The van der Waals surface area contributed by atoms with Gasteiger partial charge >= 0.3 is 0 Å². The Morgan fingerprint density at radius 2 is 1.81 bits per heavy atom. The fourth-order valence-corrected chi connectivity index (χ4v) is 6.87. The van der Waals surface area contributed by atoms with E-state index in [9.17, 15) is 26.0 Å². The predicted octanol–water partition coefficient (Wildman–Crippen LogP) is 3.80. The van der Waals surface area contributed by atoms with Gasteiger partial charge in [0.2, 0.25) is 15.9 Å². The Morgan fingerprint density at radius 1 is 1.14 bits per heavy atom. The number of carbonyl (C=O) groups is 1. The van der Waals surface area contributed by atoms with Crippen LogP contribution in [-0.4, -0.2) is 46.4 Å². The molecule has 0 unspecified atom stereocenters. The second kappa shape index (κ2) is 10.1. The number of benzene rings is 2. The molecule has 2 heterocycles. The van der Waals surface area contributed by atoms with Gasteiger partial charge in [-0.2, -0.15) is 17.4 Å². The summed E-state index contributed by atoms with van der Waals surface area (Å²) in [5.41, 5.74) is 1.50. The molecule has 2 aromatic carbocycles. The lowest BCUT2D eigenvalue weighted by molar-refractivity contribution is -0.120. The number of amides is 1. The van der Waals surface area contributed by atoms with Crippen LogP contribution in [0.5, 0.6) is 0 Å². The van der Waals surface area contributed by atoms with Gasteiger partial charge < -0.3 is 5.32 Å². The number of thiophene rings is 1. The highest BCUT2D eigenvalue weighted by atomic mass is 35.5. The number of likely N-dealkylation sites (N-methyl/N-ethyl adjacent to an activating group) is 1. The van der Waals surface area contributed by atoms with E-state index in [2.05, 4.69) is 14.8 Å². The number of anilines is 2. The minimum Gasteiger partial charge on any atom is -0.325 e. The minimum absolute atomic E-state index is 0.160. The number of hydrogen-bond donors (Lipinski definition) is 3. The molecule has 36 heavy (non-hydrogen) atoms. The van der Waals surface area contributed by atoms with Crippen LogP contribution < -0.4 is 14.8 Å². The maximum atomic E-state index is 13.4. The van der Waals surface area contributed by atoms with Gasteiger partial charge in [-0.05, 0) is 54.4 Å². The molecule has 1 aliphatic rings. The van der Waals surface area contributed by atoms with Crippen LogP contribution in [0.3, 0.4) is 0 Å². The van der Waals surface area contributed by atoms with Gasteiger partial charge in [-0.3, -0.25) is 9.52 Å². The topological polar surface area (TPSA) is 125 Å². The number of rotatable bonds is 6. The van der Waals surface area contributed by atoms with Crippen LogP contribution in [0.4, 0.5) is 15.8 Å². The number of sulfonamides is 1. The SMILES string of the molecule is CN1[C@@H](C(=O)Nc2ccc(F)c(Cl)c2)C[C@@H](c2ccc(-c3ccc(NS(C)(=O)=O)cc3)s2)NS1(=O)=O. The summed E-state index contributed by atoms with van der Waals surface area (Å²) < 4.78 is 67.7. The first-order chi connectivity index (χ1) is 16.8. The van der Waals surface area contributed by atoms with Gasteiger partial charge in [0.25, 0.3) is 10.2 Å². The highest BCUT2D eigenvalue weighted by Gasteiger charge is 2.41. The molecule has 0 saturated carbocycles. The highest BCUT2D eigenvalue weighted by molar-refractivity contribution is 7.92. The molecule has 0 spiro atoms. The summed E-state index contributed by atoms with van der Waals surface area (Å²) in [6.45, 7) is 0. The number of nitrogens with one attached hydrogen (secondary N) is 3. The summed E-state index contributed by atoms with van der Waals surface area (Å²) in [5.74, 6) is -1.20. The molecule has 0 bridgehead atoms. The van der Waals surface area contributed by atoms with E-state index in [1.54, 1.807) is 30.3 Å². The van der Waals surface area contributed by atoms with Crippen molar-refractivity contribution in [1.29, 1.82) is 0 Å². The largest absolute Gasteiger partial charge is 0.325 e. The van der Waals surface area contributed by atoms with Gasteiger partial charge in [0.15, 0.2) is 0 Å². The van der Waals surface area contributed by atoms with Crippen molar-refractivity contribution < 1.29 is 26.0 Å². The molecule has 0 aliphatic carbocycles. The quantitative estimate of drug-likeness (QED) is 0.414. The Hall–Kier alpha value is -2.55. The third-order valence-electron chi connectivity index (χ3n) is 5.50. The Kier molecular flexibility index (Phi) is 7.42. The molecule has 1 aromatic heterocycles. The molecule has 2 atom stereocenters. The molecular formula is C22H22ClFN4O5S3. The summed E-state index contributed by atoms with van der Waals surface area (Å²) >= 11 is 7.14. The summed E-state index contributed by atoms with van der Waals surface area (Å²) in [7, 11) is -6.04. The van der Waals surface area contributed by atoms with Crippen molar-refractivity contribution in [3.05, 3.63) is 70.3 Å². The van der Waals surface area contributed by atoms with Crippen molar-refractivity contribution in [3.63, 3.8) is 0 Å². The summed E-state index contributed by atoms with van der Waals surface area (Å²) in [5, 5.41) is 2.44. The van der Waals surface area contributed by atoms with Crippen LogP contribution in [0.15, 0.2) is 54.6 Å². The molecular weight excluding hydrogens is 551 g/mol. The molecule has 0 radical (unpaired) electrons. The summed E-state index contributed by atoms with van der Waals surface area (Å²) in [6.07, 6.45) is 1.23. The smallest absolute Gasteiger partial charge is 0.280 e. The van der Waals surface area contributed by atoms with Crippen molar-refractivity contribution in [2.75, 3.05) is 23.3 Å². The van der Waals surface area contributed by atoms with E-state index in [-0.39, 0.29) is 17.1 Å². The maximum absolute atomic E-state index is 13.4. The average Bonchev–Trinajstić information content (AvgIpc) is 3.28. The lowest BCUT2D eigenvalue weighted by atomic mass is 10.1. The molecule has 3 aromatic rings. The van der Waals surface area contributed by atoms with Crippen LogP contribution in [0.25, 0.3) is 10.4 Å². The molecule has 1 fully saturated rings. The zero-order chi connectivity index (χ0) is 26.3. The molecule has 1 amide bonds. The minimum atomic E-state index is -3.96. The fourth-order valence-electron chi connectivity index (χ4n) is 3.71. The van der Waals surface area contributed by atoms with Crippen LogP contribution in [0, 0.1) is 5.82 Å². The van der Waals surface area contributed by atoms with Crippen molar-refractivity contribution in [2.45, 2.75) is 18.5 Å². The molecule has 1 aliphatic heterocycles. The van der Waals surface area contributed by atoms with Crippen molar-refractivity contribution in [3.8, 4) is 10.4 Å². The summed E-state index contributed by atoms with van der Waals surface area (Å²) in [4.78, 5) is 14.5. The average molecular weight is 573 g/mol. The summed E-state index contributed by atoms with van der Waals surface area (Å²) in [6, 6.07) is 12.4. The molecule has 192 valence electrons. The van der Waals surface area contributed by atoms with Gasteiger partial charge in [-0.15, -0.1) is 11.3 Å². The predicted molar refractivity (Wildman–Crippen MR) is 139 cm³/mol. The standard InChI is InChI=1S/C22H22ClFN4O5S3/c1-28-19(22(29)25-15-7-8-17(24)16(23)11-15)12-18(27-36(28,32)33)21-10-9-20(34-21)13-3-5-14(6-4-13)26-35(2,30)31/h3-11,18-19,26-27H,12H2,1-2H3,(H,25,29)/t18-,19+/m0/s1. The zero-order valence-corrected chi connectivity index (χ0v) is 22.2. The number of hydrogen-bond acceptors (Lipinski definition) is 6. The number of carbonyl (C=O) groups excluding carboxylic acids is 1. The first-order valence-corrected chi connectivity index (χ1v) is 15.0. The van der Waals surface area contributed by atoms with E-state index in [4.69, 9.17) is 11.6 Å². The van der Waals surface area contributed by atoms with Crippen LogP contribution in [-0.2, 0) is 25.0 Å². The van der Waals surface area contributed by atoms with Crippen LogP contribution in [0.2, 0.25) is 5.02 Å². The molecule has 9 nitrogen and oxygen atoms in total. The second-order valence-electron chi connectivity index (χ2n) is 8.21. The normalized spacial score (nSPS) is 20.1. The molecule has 4 rings (SSSR count). The third kappa shape index (κ3) is 6.05. The van der Waals surface area contributed by atoms with Crippen molar-refractivity contribution in [1.82, 2.24) is 9.03 Å². The lowest BCUT2D eigenvalue weighted by Gasteiger charge is -2.35. The first kappa shape index (κ1) is 26.5. The maximum Gasteiger partial charge on any atom is 0.280 e. The Bertz CT molecular complexity index is 1510. The van der Waals surface area contributed by atoms with Crippen LogP contribution in [0.1, 0.15) is 17.3 Å². The monoisotopic (exact) mass is 572 g/mol. The Labute approximate surface area is 217 Å². The van der Waals surface area contributed by atoms with Crippen molar-refractivity contribution >= 4 is 60.5 Å². The van der Waals surface area contributed by atoms with E-state index in [0.29, 0.717) is 10.6 Å². The first-order valence-electron chi connectivity index (χ1n) is 10.5. The van der Waals surface area contributed by atoms with Gasteiger partial charge in [0, 0.05) is 28.2 Å². The third-order valence-corrected chi connectivity index (χ3v) is 9.24. The molecule has 1 saturated heterocycles. The number of halogens is 2. The second-order valence-corrected chi connectivity index (χ2v) is 13.2. The molecule has 3 N–H and O–H groups in total. The van der Waals surface area contributed by atoms with E-state index >= 15 is 0 Å².